The van der Waals surface area contributed by atoms with Crippen LogP contribution in [0.15, 0.2) is 47.4 Å². The molecule has 0 aromatic heterocycles. The summed E-state index contributed by atoms with van der Waals surface area (Å²) in [6.07, 6.45) is 0. The van der Waals surface area contributed by atoms with E-state index in [1.54, 1.807) is 44.2 Å². The molecule has 0 saturated carbocycles. The van der Waals surface area contributed by atoms with Crippen molar-refractivity contribution < 1.29 is 17.9 Å². The summed E-state index contributed by atoms with van der Waals surface area (Å²) in [7, 11) is -2.26. The lowest BCUT2D eigenvalue weighted by Crippen LogP contribution is -2.40. The second-order valence-electron chi connectivity index (χ2n) is 6.43. The maximum Gasteiger partial charge on any atom is 0.240 e. The fourth-order valence-corrected chi connectivity index (χ4v) is 4.19. The number of hydrogen-bond acceptors (Lipinski definition) is 4. The van der Waals surface area contributed by atoms with E-state index in [1.165, 1.54) is 20.1 Å². The van der Waals surface area contributed by atoms with Crippen molar-refractivity contribution in [2.75, 3.05) is 19.0 Å². The fourth-order valence-electron chi connectivity index (χ4n) is 2.65. The molecule has 0 radical (unpaired) electrons. The standard InChI is InChI=1S/C19H23ClN2O4S/c1-13-10-17(22-14(2)23)8-9-18(13)27(24,25)21-12-19(3,26-4)15-6-5-7-16(20)11-15/h5-11,21H,12H2,1-4H3,(H,22,23). The molecular weight excluding hydrogens is 388 g/mol. The highest BCUT2D eigenvalue weighted by atomic mass is 35.5. The first kappa shape index (κ1) is 21.4. The largest absolute Gasteiger partial charge is 0.372 e. The highest BCUT2D eigenvalue weighted by molar-refractivity contribution is 7.89. The Kier molecular flexibility index (Phi) is 6.64. The van der Waals surface area contributed by atoms with E-state index in [1.807, 2.05) is 6.07 Å². The maximum absolute atomic E-state index is 12.8. The van der Waals surface area contributed by atoms with Crippen LogP contribution in [-0.2, 0) is 25.2 Å². The zero-order valence-electron chi connectivity index (χ0n) is 15.7. The number of benzene rings is 2. The van der Waals surface area contributed by atoms with Gasteiger partial charge in [-0.2, -0.15) is 0 Å². The molecule has 8 heteroatoms. The summed E-state index contributed by atoms with van der Waals surface area (Å²) in [6, 6.07) is 11.7. The molecule has 2 aromatic carbocycles. The van der Waals surface area contributed by atoms with Crippen molar-refractivity contribution in [3.05, 3.63) is 58.6 Å². The average molecular weight is 411 g/mol. The first-order valence-corrected chi connectivity index (χ1v) is 10.1. The topological polar surface area (TPSA) is 84.5 Å². The van der Waals surface area contributed by atoms with Crippen molar-refractivity contribution >= 4 is 33.2 Å². The Morgan fingerprint density at radius 2 is 1.93 bits per heavy atom. The molecule has 0 aliphatic carbocycles. The molecule has 1 atom stereocenters. The van der Waals surface area contributed by atoms with E-state index in [0.717, 1.165) is 5.56 Å². The SMILES string of the molecule is COC(C)(CNS(=O)(=O)c1ccc(NC(C)=O)cc1C)c1cccc(Cl)c1. The Labute approximate surface area is 164 Å². The number of anilines is 1. The van der Waals surface area contributed by atoms with E-state index in [9.17, 15) is 13.2 Å². The number of aryl methyl sites for hydroxylation is 1. The van der Waals surface area contributed by atoms with Gasteiger partial charge >= 0.3 is 0 Å². The number of nitrogens with one attached hydrogen (secondary N) is 2. The third kappa shape index (κ3) is 5.29. The van der Waals surface area contributed by atoms with Gasteiger partial charge in [0.2, 0.25) is 15.9 Å². The number of halogens is 1. The number of ether oxygens (including phenoxy) is 1. The van der Waals surface area contributed by atoms with Crippen LogP contribution in [0, 0.1) is 6.92 Å². The lowest BCUT2D eigenvalue weighted by atomic mass is 9.96. The molecule has 2 aromatic rings. The van der Waals surface area contributed by atoms with Gasteiger partial charge in [-0.25, -0.2) is 13.1 Å². The van der Waals surface area contributed by atoms with Crippen molar-refractivity contribution in [2.45, 2.75) is 31.3 Å². The predicted octanol–water partition coefficient (Wildman–Crippen LogP) is 3.45. The van der Waals surface area contributed by atoms with Gasteiger partial charge in [-0.1, -0.05) is 23.7 Å². The number of hydrogen-bond donors (Lipinski definition) is 2. The Morgan fingerprint density at radius 1 is 1.22 bits per heavy atom. The van der Waals surface area contributed by atoms with Gasteiger partial charge in [0.25, 0.3) is 0 Å². The summed E-state index contributed by atoms with van der Waals surface area (Å²) < 4.78 is 33.7. The Balaban J connectivity index is 2.24. The first-order chi connectivity index (χ1) is 12.6. The Morgan fingerprint density at radius 3 is 2.48 bits per heavy atom. The Hall–Kier alpha value is -1.93. The lowest BCUT2D eigenvalue weighted by Gasteiger charge is -2.29. The summed E-state index contributed by atoms with van der Waals surface area (Å²) in [5, 5.41) is 3.17. The molecule has 27 heavy (non-hydrogen) atoms. The number of carbonyl (C=O) groups excluding carboxylic acids is 1. The van der Waals surface area contributed by atoms with Gasteiger partial charge in [-0.15, -0.1) is 0 Å². The molecule has 0 fully saturated rings. The van der Waals surface area contributed by atoms with E-state index < -0.39 is 15.6 Å². The number of amides is 1. The molecule has 0 bridgehead atoms. The summed E-state index contributed by atoms with van der Waals surface area (Å²) in [5.41, 5.74) is 0.940. The van der Waals surface area contributed by atoms with Crippen molar-refractivity contribution in [2.24, 2.45) is 0 Å². The summed E-state index contributed by atoms with van der Waals surface area (Å²) in [6.45, 7) is 4.88. The Bertz CT molecular complexity index is 946. The van der Waals surface area contributed by atoms with Crippen LogP contribution < -0.4 is 10.0 Å². The zero-order chi connectivity index (χ0) is 20.2. The van der Waals surface area contributed by atoms with Crippen LogP contribution in [0.25, 0.3) is 0 Å². The van der Waals surface area contributed by atoms with Crippen LogP contribution in [-0.4, -0.2) is 28.0 Å². The summed E-state index contributed by atoms with van der Waals surface area (Å²) >= 11 is 6.04. The lowest BCUT2D eigenvalue weighted by molar-refractivity contribution is -0.114. The van der Waals surface area contributed by atoms with E-state index >= 15 is 0 Å². The predicted molar refractivity (Wildman–Crippen MR) is 106 cm³/mol. The van der Waals surface area contributed by atoms with E-state index in [-0.39, 0.29) is 17.3 Å². The molecule has 0 aliphatic heterocycles. The van der Waals surface area contributed by atoms with Crippen LogP contribution in [0.2, 0.25) is 5.02 Å². The van der Waals surface area contributed by atoms with Gasteiger partial charge in [0.1, 0.15) is 5.60 Å². The molecule has 0 aliphatic rings. The van der Waals surface area contributed by atoms with Crippen LogP contribution in [0.3, 0.4) is 0 Å². The summed E-state index contributed by atoms with van der Waals surface area (Å²) in [5.74, 6) is -0.222. The number of methoxy groups -OCH3 is 1. The molecule has 146 valence electrons. The van der Waals surface area contributed by atoms with Gasteiger partial charge in [0.05, 0.1) is 4.90 Å². The average Bonchev–Trinajstić information content (AvgIpc) is 2.59. The van der Waals surface area contributed by atoms with Gasteiger partial charge in [0, 0.05) is 31.3 Å². The van der Waals surface area contributed by atoms with E-state index in [4.69, 9.17) is 16.3 Å². The minimum absolute atomic E-state index is 0.0268. The van der Waals surface area contributed by atoms with Crippen LogP contribution >= 0.6 is 11.6 Å². The molecule has 2 rings (SSSR count). The van der Waals surface area contributed by atoms with Gasteiger partial charge in [-0.05, 0) is 55.3 Å². The smallest absolute Gasteiger partial charge is 0.240 e. The van der Waals surface area contributed by atoms with Crippen molar-refractivity contribution in [1.82, 2.24) is 4.72 Å². The molecule has 1 amide bonds. The fraction of sp³-hybridized carbons (Fsp3) is 0.316. The van der Waals surface area contributed by atoms with Gasteiger partial charge in [0.15, 0.2) is 0 Å². The molecule has 1 unspecified atom stereocenters. The number of carbonyl (C=O) groups is 1. The quantitative estimate of drug-likeness (QED) is 0.732. The highest BCUT2D eigenvalue weighted by Crippen LogP contribution is 2.27. The summed E-state index contributed by atoms with van der Waals surface area (Å²) in [4.78, 5) is 11.3. The van der Waals surface area contributed by atoms with Crippen molar-refractivity contribution in [3.8, 4) is 0 Å². The highest BCUT2D eigenvalue weighted by Gasteiger charge is 2.29. The number of rotatable bonds is 7. The minimum atomic E-state index is -3.77. The second kappa shape index (κ2) is 8.39. The zero-order valence-corrected chi connectivity index (χ0v) is 17.2. The molecule has 0 saturated heterocycles. The maximum atomic E-state index is 12.8. The van der Waals surface area contributed by atoms with Crippen LogP contribution in [0.5, 0.6) is 0 Å². The van der Waals surface area contributed by atoms with Crippen LogP contribution in [0.4, 0.5) is 5.69 Å². The number of sulfonamides is 1. The van der Waals surface area contributed by atoms with Crippen LogP contribution in [0.1, 0.15) is 25.0 Å². The second-order valence-corrected chi connectivity index (χ2v) is 8.60. The third-order valence-corrected chi connectivity index (χ3v) is 6.07. The molecule has 0 heterocycles. The molecule has 2 N–H and O–H groups in total. The first-order valence-electron chi connectivity index (χ1n) is 8.26. The third-order valence-electron chi connectivity index (χ3n) is 4.27. The van der Waals surface area contributed by atoms with E-state index in [2.05, 4.69) is 10.0 Å². The minimum Gasteiger partial charge on any atom is -0.372 e. The van der Waals surface area contributed by atoms with Gasteiger partial charge in [-0.3, -0.25) is 4.79 Å². The van der Waals surface area contributed by atoms with Crippen molar-refractivity contribution in [1.29, 1.82) is 0 Å². The van der Waals surface area contributed by atoms with Crippen molar-refractivity contribution in [3.63, 3.8) is 0 Å². The molecule has 0 spiro atoms. The monoisotopic (exact) mass is 410 g/mol. The molecule has 6 nitrogen and oxygen atoms in total. The molecular formula is C19H23ClN2O4S. The normalized spacial score (nSPS) is 13.8. The van der Waals surface area contributed by atoms with E-state index in [0.29, 0.717) is 16.3 Å². The van der Waals surface area contributed by atoms with Gasteiger partial charge < -0.3 is 10.1 Å².